The molecule has 8 heteroatoms. The lowest BCUT2D eigenvalue weighted by Gasteiger charge is -2.38. The predicted molar refractivity (Wildman–Crippen MR) is 121 cm³/mol. The second-order valence-corrected chi connectivity index (χ2v) is 9.30. The maximum atomic E-state index is 6.36. The van der Waals surface area contributed by atoms with Crippen molar-refractivity contribution in [3.05, 3.63) is 46.3 Å². The maximum Gasteiger partial charge on any atom is 0.163 e. The van der Waals surface area contributed by atoms with Crippen molar-refractivity contribution in [2.75, 3.05) is 31.1 Å². The molecule has 2 aliphatic rings. The van der Waals surface area contributed by atoms with Crippen molar-refractivity contribution in [3.8, 4) is 0 Å². The van der Waals surface area contributed by atoms with E-state index in [9.17, 15) is 0 Å². The van der Waals surface area contributed by atoms with Gasteiger partial charge in [0.25, 0.3) is 0 Å². The highest BCUT2D eigenvalue weighted by Gasteiger charge is 2.29. The Morgan fingerprint density at radius 1 is 1.03 bits per heavy atom. The third kappa shape index (κ3) is 4.01. The first kappa shape index (κ1) is 20.0. The number of hydrogen-bond donors (Lipinski definition) is 1. The molecule has 30 heavy (non-hydrogen) atoms. The van der Waals surface area contributed by atoms with E-state index in [1.54, 1.807) is 17.3 Å². The van der Waals surface area contributed by atoms with Crippen molar-refractivity contribution in [1.29, 1.82) is 0 Å². The van der Waals surface area contributed by atoms with Gasteiger partial charge in [-0.1, -0.05) is 35.7 Å². The van der Waals surface area contributed by atoms with Crippen LogP contribution in [-0.4, -0.2) is 52.0 Å². The third-order valence-corrected chi connectivity index (χ3v) is 7.22. The van der Waals surface area contributed by atoms with Gasteiger partial charge in [0.1, 0.15) is 12.1 Å². The quantitative estimate of drug-likeness (QED) is 0.669. The number of aromatic nitrogens is 4. The Morgan fingerprint density at radius 3 is 2.60 bits per heavy atom. The van der Waals surface area contributed by atoms with Crippen LogP contribution in [0.5, 0.6) is 0 Å². The molecule has 1 aromatic carbocycles. The Kier molecular flexibility index (Phi) is 5.81. The van der Waals surface area contributed by atoms with Gasteiger partial charge >= 0.3 is 0 Å². The standard InChI is InChI=1S/C22H26Cl2N6/c23-17-7-6-16(20(24)12-17)14-30-22-19(13-27-30)21(25-15-26-22)29-10-8-28(9-11-29)18-4-2-1-3-5-18/h6-7,12-13,15,18H,1-5,8-11,14H2/p+1. The maximum absolute atomic E-state index is 6.36. The number of rotatable bonds is 4. The molecule has 1 N–H and O–H groups in total. The van der Waals surface area contributed by atoms with Gasteiger partial charge in [-0.3, -0.25) is 0 Å². The van der Waals surface area contributed by atoms with Crippen LogP contribution in [0.1, 0.15) is 37.7 Å². The molecule has 3 heterocycles. The molecule has 0 amide bonds. The highest BCUT2D eigenvalue weighted by molar-refractivity contribution is 6.35. The minimum atomic E-state index is 0.551. The van der Waals surface area contributed by atoms with Crippen LogP contribution in [0.3, 0.4) is 0 Å². The molecule has 0 unspecified atom stereocenters. The average Bonchev–Trinajstić information content (AvgIpc) is 3.19. The Hall–Kier alpha value is -1.89. The normalized spacial score (nSPS) is 18.9. The lowest BCUT2D eigenvalue weighted by atomic mass is 9.94. The zero-order chi connectivity index (χ0) is 20.5. The van der Waals surface area contributed by atoms with E-state index in [0.717, 1.165) is 41.5 Å². The fourth-order valence-electron chi connectivity index (χ4n) is 4.98. The number of quaternary nitrogens is 1. The number of piperazine rings is 1. The van der Waals surface area contributed by atoms with Gasteiger partial charge in [-0.25, -0.2) is 14.6 Å². The fraction of sp³-hybridized carbons (Fsp3) is 0.500. The van der Waals surface area contributed by atoms with E-state index in [1.807, 2.05) is 23.0 Å². The van der Waals surface area contributed by atoms with Crippen molar-refractivity contribution in [3.63, 3.8) is 0 Å². The summed E-state index contributed by atoms with van der Waals surface area (Å²) in [5.41, 5.74) is 1.81. The smallest absolute Gasteiger partial charge is 0.163 e. The van der Waals surface area contributed by atoms with Gasteiger partial charge in [-0.15, -0.1) is 0 Å². The Morgan fingerprint density at radius 2 is 1.83 bits per heavy atom. The average molecular weight is 446 g/mol. The van der Waals surface area contributed by atoms with Gasteiger partial charge in [0, 0.05) is 10.0 Å². The number of nitrogens with one attached hydrogen (secondary N) is 1. The van der Waals surface area contributed by atoms with E-state index in [4.69, 9.17) is 23.2 Å². The first-order valence-electron chi connectivity index (χ1n) is 10.9. The second-order valence-electron chi connectivity index (χ2n) is 8.45. The molecule has 0 radical (unpaired) electrons. The summed E-state index contributed by atoms with van der Waals surface area (Å²) in [6.45, 7) is 4.99. The summed E-state index contributed by atoms with van der Waals surface area (Å²) in [5.74, 6) is 0.996. The Balaban J connectivity index is 1.34. The zero-order valence-electron chi connectivity index (χ0n) is 17.0. The summed E-state index contributed by atoms with van der Waals surface area (Å²) in [4.78, 5) is 13.3. The van der Waals surface area contributed by atoms with Gasteiger partial charge in [0.2, 0.25) is 0 Å². The van der Waals surface area contributed by atoms with Crippen LogP contribution in [0.4, 0.5) is 5.82 Å². The molecule has 0 spiro atoms. The molecule has 6 nitrogen and oxygen atoms in total. The largest absolute Gasteiger partial charge is 0.345 e. The summed E-state index contributed by atoms with van der Waals surface area (Å²) in [6.07, 6.45) is 10.6. The molecule has 5 rings (SSSR count). The van der Waals surface area contributed by atoms with Gasteiger partial charge < -0.3 is 9.80 Å². The number of halogens is 2. The van der Waals surface area contributed by atoms with Crippen LogP contribution < -0.4 is 9.80 Å². The summed E-state index contributed by atoms with van der Waals surface area (Å²) < 4.78 is 1.89. The van der Waals surface area contributed by atoms with Crippen molar-refractivity contribution in [2.24, 2.45) is 0 Å². The van der Waals surface area contributed by atoms with Gasteiger partial charge in [0.05, 0.1) is 50.3 Å². The van der Waals surface area contributed by atoms with Gasteiger partial charge in [-0.2, -0.15) is 5.10 Å². The highest BCUT2D eigenvalue weighted by Crippen LogP contribution is 2.26. The molecule has 1 saturated carbocycles. The summed E-state index contributed by atoms with van der Waals surface area (Å²) in [6, 6.07) is 6.41. The molecule has 0 atom stereocenters. The minimum absolute atomic E-state index is 0.551. The van der Waals surface area contributed by atoms with E-state index in [1.165, 1.54) is 45.2 Å². The molecule has 0 bridgehead atoms. The first-order chi connectivity index (χ1) is 14.7. The second kappa shape index (κ2) is 8.69. The Bertz CT molecular complexity index is 1020. The van der Waals surface area contributed by atoms with Crippen molar-refractivity contribution in [2.45, 2.75) is 44.7 Å². The van der Waals surface area contributed by atoms with Crippen LogP contribution in [-0.2, 0) is 6.54 Å². The highest BCUT2D eigenvalue weighted by atomic mass is 35.5. The molecule has 1 aliphatic carbocycles. The van der Waals surface area contributed by atoms with Crippen LogP contribution in [0, 0.1) is 0 Å². The molecule has 2 fully saturated rings. The van der Waals surface area contributed by atoms with E-state index >= 15 is 0 Å². The van der Waals surface area contributed by atoms with E-state index in [-0.39, 0.29) is 0 Å². The monoisotopic (exact) mass is 445 g/mol. The number of benzene rings is 1. The summed E-state index contributed by atoms with van der Waals surface area (Å²) in [5, 5.41) is 6.87. The lowest BCUT2D eigenvalue weighted by Crippen LogP contribution is -3.18. The van der Waals surface area contributed by atoms with E-state index in [0.29, 0.717) is 16.6 Å². The Labute approximate surface area is 186 Å². The first-order valence-corrected chi connectivity index (χ1v) is 11.6. The van der Waals surface area contributed by atoms with Crippen molar-refractivity contribution < 1.29 is 4.90 Å². The number of nitrogens with zero attached hydrogens (tertiary/aromatic N) is 5. The van der Waals surface area contributed by atoms with Crippen LogP contribution in [0.25, 0.3) is 11.0 Å². The molecule has 1 saturated heterocycles. The molecule has 2 aromatic heterocycles. The molecular formula is C22H27Cl2N6+. The van der Waals surface area contributed by atoms with Crippen LogP contribution in [0.2, 0.25) is 10.0 Å². The van der Waals surface area contributed by atoms with E-state index in [2.05, 4.69) is 20.0 Å². The predicted octanol–water partition coefficient (Wildman–Crippen LogP) is 3.22. The number of hydrogen-bond acceptors (Lipinski definition) is 4. The van der Waals surface area contributed by atoms with Crippen LogP contribution in [0.15, 0.2) is 30.7 Å². The van der Waals surface area contributed by atoms with Gasteiger partial charge in [-0.05, 0) is 43.4 Å². The summed E-state index contributed by atoms with van der Waals surface area (Å²) in [7, 11) is 0. The fourth-order valence-corrected chi connectivity index (χ4v) is 5.45. The van der Waals surface area contributed by atoms with Gasteiger partial charge in [0.15, 0.2) is 5.65 Å². The van der Waals surface area contributed by atoms with Crippen molar-refractivity contribution in [1.82, 2.24) is 19.7 Å². The number of anilines is 1. The topological polar surface area (TPSA) is 51.3 Å². The molecular weight excluding hydrogens is 419 g/mol. The third-order valence-electron chi connectivity index (χ3n) is 6.64. The molecule has 3 aromatic rings. The SMILES string of the molecule is Clc1ccc(Cn2ncc3c(N4CC[NH+](C5CCCCC5)CC4)ncnc32)c(Cl)c1. The van der Waals surface area contributed by atoms with E-state index < -0.39 is 0 Å². The lowest BCUT2D eigenvalue weighted by molar-refractivity contribution is -0.927. The number of fused-ring (bicyclic) bond motifs is 1. The molecule has 1 aliphatic heterocycles. The zero-order valence-corrected chi connectivity index (χ0v) is 18.5. The van der Waals surface area contributed by atoms with Crippen LogP contribution >= 0.6 is 23.2 Å². The molecule has 158 valence electrons. The van der Waals surface area contributed by atoms with Crippen molar-refractivity contribution >= 4 is 40.1 Å². The summed E-state index contributed by atoms with van der Waals surface area (Å²) >= 11 is 12.4. The minimum Gasteiger partial charge on any atom is -0.345 e.